The number of benzene rings is 1. The number of aliphatic hydroxyl groups excluding tert-OH is 1. The lowest BCUT2D eigenvalue weighted by molar-refractivity contribution is 0.0737. The summed E-state index contributed by atoms with van der Waals surface area (Å²) >= 11 is 0. The van der Waals surface area contributed by atoms with Crippen molar-refractivity contribution in [1.82, 2.24) is 9.62 Å². The van der Waals surface area contributed by atoms with Crippen molar-refractivity contribution < 1.29 is 18.3 Å². The Hall–Kier alpha value is -1.64. The summed E-state index contributed by atoms with van der Waals surface area (Å²) in [5.74, 6) is 0.374. The standard InChI is InChI=1S/C22H33N3O4S/c1-21(2)15-7-9-22(3,12-15)20(21)24-19(27)14-5-6-17(23-4)18(11-14)30(28,29)25-10-8-16(26)13-25/h5-6,11,15-16,20,23,26H,7-10,12-13H2,1-4H3,(H,24,27)/t15-,16+,20?,22?/m1/s1. The predicted molar refractivity (Wildman–Crippen MR) is 116 cm³/mol. The second-order valence-electron chi connectivity index (χ2n) is 10.1. The first kappa shape index (κ1) is 21.6. The summed E-state index contributed by atoms with van der Waals surface area (Å²) < 4.78 is 27.6. The monoisotopic (exact) mass is 435 g/mol. The van der Waals surface area contributed by atoms with Crippen LogP contribution in [0.15, 0.2) is 23.1 Å². The SMILES string of the molecule is CNc1ccc(C(=O)NC2C3(C)CC[C@H](C3)C2(C)C)cc1S(=O)(=O)N1CC[C@H](O)C1. The number of hydrogen-bond donors (Lipinski definition) is 3. The molecule has 1 amide bonds. The fraction of sp³-hybridized carbons (Fsp3) is 0.682. The number of nitrogens with one attached hydrogen (secondary N) is 2. The van der Waals surface area contributed by atoms with Crippen LogP contribution >= 0.6 is 0 Å². The molecule has 1 aromatic carbocycles. The molecule has 4 atom stereocenters. The molecule has 3 aliphatic rings. The Kier molecular flexibility index (Phi) is 5.19. The first-order chi connectivity index (χ1) is 14.0. The van der Waals surface area contributed by atoms with Crippen molar-refractivity contribution in [2.45, 2.75) is 63.5 Å². The molecule has 2 bridgehead atoms. The van der Waals surface area contributed by atoms with Crippen LogP contribution in [-0.2, 0) is 10.0 Å². The summed E-state index contributed by atoms with van der Waals surface area (Å²) in [6, 6.07) is 4.83. The van der Waals surface area contributed by atoms with Gasteiger partial charge in [0, 0.05) is 31.7 Å². The van der Waals surface area contributed by atoms with Gasteiger partial charge in [-0.15, -0.1) is 0 Å². The van der Waals surface area contributed by atoms with E-state index < -0.39 is 16.1 Å². The molecule has 1 heterocycles. The molecule has 2 saturated carbocycles. The van der Waals surface area contributed by atoms with E-state index >= 15 is 0 Å². The molecule has 1 aromatic rings. The molecule has 0 spiro atoms. The molecule has 1 saturated heterocycles. The molecule has 3 N–H and O–H groups in total. The zero-order valence-corrected chi connectivity index (χ0v) is 19.1. The highest BCUT2D eigenvalue weighted by atomic mass is 32.2. The van der Waals surface area contributed by atoms with Crippen molar-refractivity contribution in [3.8, 4) is 0 Å². The first-order valence-corrected chi connectivity index (χ1v) is 12.2. The lowest BCUT2D eigenvalue weighted by Crippen LogP contribution is -2.52. The average Bonchev–Trinajstić information content (AvgIpc) is 3.36. The highest BCUT2D eigenvalue weighted by molar-refractivity contribution is 7.89. The topological polar surface area (TPSA) is 98.7 Å². The van der Waals surface area contributed by atoms with E-state index in [1.807, 2.05) is 0 Å². The Balaban J connectivity index is 1.63. The predicted octanol–water partition coefficient (Wildman–Crippen LogP) is 2.43. The minimum Gasteiger partial charge on any atom is -0.392 e. The molecule has 8 heteroatoms. The maximum absolute atomic E-state index is 13.2. The van der Waals surface area contributed by atoms with Crippen LogP contribution in [0.4, 0.5) is 5.69 Å². The van der Waals surface area contributed by atoms with Gasteiger partial charge in [0.15, 0.2) is 0 Å². The Morgan fingerprint density at radius 3 is 2.53 bits per heavy atom. The Morgan fingerprint density at radius 1 is 1.23 bits per heavy atom. The molecule has 3 fully saturated rings. The second-order valence-corrected chi connectivity index (χ2v) is 12.0. The molecular formula is C22H33N3O4S. The maximum atomic E-state index is 13.2. The van der Waals surface area contributed by atoms with Crippen LogP contribution in [0, 0.1) is 16.7 Å². The van der Waals surface area contributed by atoms with E-state index in [9.17, 15) is 18.3 Å². The van der Waals surface area contributed by atoms with Gasteiger partial charge < -0.3 is 15.7 Å². The van der Waals surface area contributed by atoms with Crippen LogP contribution in [0.1, 0.15) is 56.8 Å². The summed E-state index contributed by atoms with van der Waals surface area (Å²) in [5.41, 5.74) is 0.901. The lowest BCUT2D eigenvalue weighted by Gasteiger charge is -2.43. The van der Waals surface area contributed by atoms with Crippen LogP contribution in [0.2, 0.25) is 0 Å². The summed E-state index contributed by atoms with van der Waals surface area (Å²) in [4.78, 5) is 13.3. The minimum atomic E-state index is -3.81. The molecule has 0 aromatic heterocycles. The molecule has 30 heavy (non-hydrogen) atoms. The van der Waals surface area contributed by atoms with Crippen molar-refractivity contribution >= 4 is 21.6 Å². The van der Waals surface area contributed by atoms with Crippen LogP contribution in [0.25, 0.3) is 0 Å². The van der Waals surface area contributed by atoms with E-state index in [4.69, 9.17) is 0 Å². The van der Waals surface area contributed by atoms with Gasteiger partial charge in [0.2, 0.25) is 10.0 Å². The van der Waals surface area contributed by atoms with Crippen molar-refractivity contribution in [3.05, 3.63) is 23.8 Å². The molecule has 0 radical (unpaired) electrons. The van der Waals surface area contributed by atoms with Crippen molar-refractivity contribution in [3.63, 3.8) is 0 Å². The number of anilines is 1. The highest BCUT2D eigenvalue weighted by Crippen LogP contribution is 2.62. The summed E-state index contributed by atoms with van der Waals surface area (Å²) in [6.07, 6.45) is 3.22. The molecule has 1 aliphatic heterocycles. The summed E-state index contributed by atoms with van der Waals surface area (Å²) in [7, 11) is -2.15. The summed E-state index contributed by atoms with van der Waals surface area (Å²) in [6.45, 7) is 7.07. The highest BCUT2D eigenvalue weighted by Gasteiger charge is 2.59. The molecular weight excluding hydrogens is 402 g/mol. The lowest BCUT2D eigenvalue weighted by atomic mass is 9.68. The number of amides is 1. The van der Waals surface area contributed by atoms with Gasteiger partial charge in [0.05, 0.1) is 11.8 Å². The van der Waals surface area contributed by atoms with Gasteiger partial charge in [-0.05, 0) is 60.6 Å². The van der Waals surface area contributed by atoms with Gasteiger partial charge >= 0.3 is 0 Å². The van der Waals surface area contributed by atoms with E-state index in [0.717, 1.165) is 12.8 Å². The smallest absolute Gasteiger partial charge is 0.251 e. The van der Waals surface area contributed by atoms with Gasteiger partial charge in [-0.3, -0.25) is 4.79 Å². The first-order valence-electron chi connectivity index (χ1n) is 10.8. The third-order valence-electron chi connectivity index (χ3n) is 7.80. The number of carbonyl (C=O) groups excluding carboxylic acids is 1. The van der Waals surface area contributed by atoms with Gasteiger partial charge in [-0.1, -0.05) is 20.8 Å². The van der Waals surface area contributed by atoms with Gasteiger partial charge in [0.25, 0.3) is 5.91 Å². The minimum absolute atomic E-state index is 0.0220. The number of fused-ring (bicyclic) bond motifs is 2. The fourth-order valence-corrected chi connectivity index (χ4v) is 7.74. The van der Waals surface area contributed by atoms with Gasteiger partial charge in [-0.2, -0.15) is 4.31 Å². The third-order valence-corrected chi connectivity index (χ3v) is 9.71. The van der Waals surface area contributed by atoms with Gasteiger partial charge in [-0.25, -0.2) is 8.42 Å². The molecule has 2 unspecified atom stereocenters. The van der Waals surface area contributed by atoms with Crippen molar-refractivity contribution in [1.29, 1.82) is 0 Å². The fourth-order valence-electron chi connectivity index (χ4n) is 6.03. The maximum Gasteiger partial charge on any atom is 0.251 e. The van der Waals surface area contributed by atoms with Crippen LogP contribution in [-0.4, -0.2) is 56.0 Å². The van der Waals surface area contributed by atoms with E-state index in [1.54, 1.807) is 19.2 Å². The largest absolute Gasteiger partial charge is 0.392 e. The third kappa shape index (κ3) is 3.33. The van der Waals surface area contributed by atoms with E-state index in [-0.39, 0.29) is 40.8 Å². The van der Waals surface area contributed by atoms with Gasteiger partial charge in [0.1, 0.15) is 4.90 Å². The number of sulfonamides is 1. The van der Waals surface area contributed by atoms with Crippen molar-refractivity contribution in [2.75, 3.05) is 25.5 Å². The van der Waals surface area contributed by atoms with E-state index in [1.165, 1.54) is 16.8 Å². The average molecular weight is 436 g/mol. The Bertz CT molecular complexity index is 956. The molecule has 4 rings (SSSR count). The zero-order chi connectivity index (χ0) is 21.9. The van der Waals surface area contributed by atoms with Crippen LogP contribution in [0.3, 0.4) is 0 Å². The quantitative estimate of drug-likeness (QED) is 0.660. The van der Waals surface area contributed by atoms with E-state index in [2.05, 4.69) is 31.4 Å². The number of nitrogens with zero attached hydrogens (tertiary/aromatic N) is 1. The normalized spacial score (nSPS) is 33.0. The Labute approximate surface area is 179 Å². The summed E-state index contributed by atoms with van der Waals surface area (Å²) in [5, 5.41) is 15.9. The number of rotatable bonds is 5. The number of β-amino-alcohol motifs (C(OH)–C–C–N with tert-alkyl or cyclic N) is 1. The number of hydrogen-bond acceptors (Lipinski definition) is 5. The van der Waals surface area contributed by atoms with Crippen molar-refractivity contribution in [2.24, 2.45) is 16.7 Å². The molecule has 2 aliphatic carbocycles. The number of carbonyl (C=O) groups is 1. The van der Waals surface area contributed by atoms with E-state index in [0.29, 0.717) is 23.6 Å². The zero-order valence-electron chi connectivity index (χ0n) is 18.2. The van der Waals surface area contributed by atoms with Crippen LogP contribution in [0.5, 0.6) is 0 Å². The Morgan fingerprint density at radius 2 is 1.97 bits per heavy atom. The number of aliphatic hydroxyl groups is 1. The molecule has 7 nitrogen and oxygen atoms in total. The second kappa shape index (κ2) is 7.21. The molecule has 166 valence electrons. The van der Waals surface area contributed by atoms with Crippen LogP contribution < -0.4 is 10.6 Å².